The van der Waals surface area contributed by atoms with Crippen LogP contribution in [0.2, 0.25) is 5.02 Å². The minimum Gasteiger partial charge on any atom is -0.352 e. The van der Waals surface area contributed by atoms with Gasteiger partial charge in [0.2, 0.25) is 11.9 Å². The zero-order valence-corrected chi connectivity index (χ0v) is 21.9. The van der Waals surface area contributed by atoms with Crippen LogP contribution in [0.1, 0.15) is 50.5 Å². The molecule has 1 aromatic carbocycles. The van der Waals surface area contributed by atoms with Gasteiger partial charge in [-0.1, -0.05) is 49.1 Å². The highest BCUT2D eigenvalue weighted by molar-refractivity contribution is 6.31. The number of nitrogens with zero attached hydrogens (tertiary/aromatic N) is 5. The lowest BCUT2D eigenvalue weighted by molar-refractivity contribution is -0.122. The van der Waals surface area contributed by atoms with Crippen LogP contribution < -0.4 is 27.2 Å². The summed E-state index contributed by atoms with van der Waals surface area (Å²) in [5.41, 5.74) is 6.51. The van der Waals surface area contributed by atoms with Crippen molar-refractivity contribution < 1.29 is 4.79 Å². The van der Waals surface area contributed by atoms with Crippen LogP contribution in [-0.2, 0) is 24.9 Å². The summed E-state index contributed by atoms with van der Waals surface area (Å²) in [6.45, 7) is 1.29. The molecular weight excluding hydrogens is 494 g/mol. The number of imidazole rings is 1. The number of nitrogens with two attached hydrogens (primary N) is 1. The first-order valence-corrected chi connectivity index (χ1v) is 13.4. The molecule has 10 nitrogen and oxygen atoms in total. The number of anilines is 1. The van der Waals surface area contributed by atoms with Crippen LogP contribution in [0.4, 0.5) is 5.95 Å². The van der Waals surface area contributed by atoms with E-state index >= 15 is 0 Å². The molecule has 2 aliphatic rings. The van der Waals surface area contributed by atoms with Crippen LogP contribution in [-0.4, -0.2) is 49.8 Å². The lowest BCUT2D eigenvalue weighted by Gasteiger charge is -2.32. The van der Waals surface area contributed by atoms with Crippen LogP contribution in [0, 0.1) is 0 Å². The van der Waals surface area contributed by atoms with Gasteiger partial charge in [-0.3, -0.25) is 18.7 Å². The minimum absolute atomic E-state index is 0.00807. The number of aryl methyl sites for hydroxylation is 1. The van der Waals surface area contributed by atoms with E-state index in [-0.39, 0.29) is 35.7 Å². The molecule has 1 aliphatic heterocycles. The quantitative estimate of drug-likeness (QED) is 0.505. The molecule has 1 atom stereocenters. The highest BCUT2D eigenvalue weighted by Gasteiger charge is 2.27. The minimum atomic E-state index is -0.569. The van der Waals surface area contributed by atoms with Gasteiger partial charge in [0.05, 0.1) is 6.54 Å². The van der Waals surface area contributed by atoms with Gasteiger partial charge in [-0.15, -0.1) is 0 Å². The number of hydrogen-bond donors (Lipinski definition) is 2. The second-order valence-corrected chi connectivity index (χ2v) is 10.7. The lowest BCUT2D eigenvalue weighted by Crippen LogP contribution is -2.46. The average molecular weight is 528 g/mol. The van der Waals surface area contributed by atoms with Gasteiger partial charge in [0.15, 0.2) is 11.2 Å². The molecule has 1 amide bonds. The van der Waals surface area contributed by atoms with Gasteiger partial charge in [0, 0.05) is 37.2 Å². The Bertz CT molecular complexity index is 1420. The van der Waals surface area contributed by atoms with E-state index in [1.165, 1.54) is 11.0 Å². The second kappa shape index (κ2) is 10.7. The number of rotatable bonds is 6. The molecule has 3 N–H and O–H groups in total. The van der Waals surface area contributed by atoms with Crippen LogP contribution in [0.25, 0.3) is 11.2 Å². The summed E-state index contributed by atoms with van der Waals surface area (Å²) in [5.74, 6) is 0.242. The molecule has 198 valence electrons. The summed E-state index contributed by atoms with van der Waals surface area (Å²) in [6.07, 6.45) is 6.98. The Morgan fingerprint density at radius 2 is 1.86 bits per heavy atom. The molecule has 5 rings (SSSR count). The van der Waals surface area contributed by atoms with Crippen molar-refractivity contribution in [2.24, 2.45) is 12.8 Å². The van der Waals surface area contributed by atoms with Gasteiger partial charge in [0.25, 0.3) is 5.56 Å². The van der Waals surface area contributed by atoms with E-state index in [0.717, 1.165) is 55.2 Å². The van der Waals surface area contributed by atoms with Gasteiger partial charge in [0.1, 0.15) is 6.54 Å². The molecule has 0 radical (unpaired) electrons. The Hall–Kier alpha value is -3.11. The molecule has 1 saturated carbocycles. The van der Waals surface area contributed by atoms with Crippen molar-refractivity contribution >= 4 is 34.6 Å². The number of carbonyl (C=O) groups is 1. The number of piperidine rings is 1. The maximum absolute atomic E-state index is 13.8. The standard InChI is InChI=1S/C26H34ClN7O3/c1-31-23-22(24(36)34(26(31)37)16-21(35)29-19-10-3-2-4-11-19)33(14-17-8-5-6-12-20(17)27)25(30-23)32-13-7-9-18(28)15-32/h5-6,8,12,18-19H,2-4,7,9-11,13-16,28H2,1H3,(H,29,35). The fraction of sp³-hybridized carbons (Fsp3) is 0.538. The van der Waals surface area contributed by atoms with Gasteiger partial charge in [-0.05, 0) is 37.3 Å². The first-order chi connectivity index (χ1) is 17.8. The van der Waals surface area contributed by atoms with Crippen molar-refractivity contribution in [1.82, 2.24) is 24.0 Å². The maximum Gasteiger partial charge on any atom is 0.332 e. The lowest BCUT2D eigenvalue weighted by atomic mass is 9.95. The molecule has 3 heterocycles. The number of carbonyl (C=O) groups excluding carboxylic acids is 1. The van der Waals surface area contributed by atoms with Crippen LogP contribution >= 0.6 is 11.6 Å². The van der Waals surface area contributed by atoms with Gasteiger partial charge >= 0.3 is 5.69 Å². The van der Waals surface area contributed by atoms with Crippen molar-refractivity contribution in [1.29, 1.82) is 0 Å². The van der Waals surface area contributed by atoms with Gasteiger partial charge in [-0.2, -0.15) is 4.98 Å². The second-order valence-electron chi connectivity index (χ2n) is 10.2. The molecule has 3 aromatic rings. The fourth-order valence-electron chi connectivity index (χ4n) is 5.54. The third-order valence-electron chi connectivity index (χ3n) is 7.51. The van der Waals surface area contributed by atoms with E-state index in [1.807, 2.05) is 22.8 Å². The van der Waals surface area contributed by atoms with E-state index in [4.69, 9.17) is 22.3 Å². The Kier molecular flexibility index (Phi) is 7.39. The summed E-state index contributed by atoms with van der Waals surface area (Å²) in [7, 11) is 1.58. The third-order valence-corrected chi connectivity index (χ3v) is 7.88. The summed E-state index contributed by atoms with van der Waals surface area (Å²) in [6, 6.07) is 7.52. The number of aromatic nitrogens is 4. The van der Waals surface area contributed by atoms with Crippen molar-refractivity contribution in [3.8, 4) is 0 Å². The molecule has 11 heteroatoms. The maximum atomic E-state index is 13.8. The predicted molar refractivity (Wildman–Crippen MR) is 144 cm³/mol. The first-order valence-electron chi connectivity index (χ1n) is 13.1. The molecule has 1 aliphatic carbocycles. The van der Waals surface area contributed by atoms with Crippen molar-refractivity contribution in [3.63, 3.8) is 0 Å². The van der Waals surface area contributed by atoms with Gasteiger partial charge in [-0.25, -0.2) is 9.36 Å². The van der Waals surface area contributed by atoms with E-state index in [1.54, 1.807) is 13.1 Å². The fourth-order valence-corrected chi connectivity index (χ4v) is 5.74. The Morgan fingerprint density at radius 1 is 1.11 bits per heavy atom. The first kappa shape index (κ1) is 25.5. The Morgan fingerprint density at radius 3 is 2.59 bits per heavy atom. The monoisotopic (exact) mass is 527 g/mol. The van der Waals surface area contributed by atoms with Crippen molar-refractivity contribution in [2.45, 2.75) is 70.1 Å². The van der Waals surface area contributed by atoms with Crippen LogP contribution in [0.15, 0.2) is 33.9 Å². The molecule has 1 saturated heterocycles. The molecule has 0 bridgehead atoms. The van der Waals surface area contributed by atoms with Crippen LogP contribution in [0.5, 0.6) is 0 Å². The summed E-state index contributed by atoms with van der Waals surface area (Å²) in [5, 5.41) is 3.58. The smallest absolute Gasteiger partial charge is 0.332 e. The summed E-state index contributed by atoms with van der Waals surface area (Å²) < 4.78 is 4.17. The topological polar surface area (TPSA) is 120 Å². The largest absolute Gasteiger partial charge is 0.352 e. The highest BCUT2D eigenvalue weighted by atomic mass is 35.5. The van der Waals surface area contributed by atoms with Crippen molar-refractivity contribution in [2.75, 3.05) is 18.0 Å². The molecule has 2 fully saturated rings. The highest BCUT2D eigenvalue weighted by Crippen LogP contribution is 2.26. The van der Waals surface area contributed by atoms with Gasteiger partial charge < -0.3 is 16.0 Å². The predicted octanol–water partition coefficient (Wildman–Crippen LogP) is 1.97. The number of nitrogens with one attached hydrogen (secondary N) is 1. The Balaban J connectivity index is 1.60. The van der Waals surface area contributed by atoms with E-state index < -0.39 is 11.2 Å². The zero-order chi connectivity index (χ0) is 26.1. The molecule has 37 heavy (non-hydrogen) atoms. The molecule has 2 aromatic heterocycles. The molecule has 1 unspecified atom stereocenters. The number of benzene rings is 1. The molecular formula is C26H34ClN7O3. The van der Waals surface area contributed by atoms with E-state index in [9.17, 15) is 14.4 Å². The summed E-state index contributed by atoms with van der Waals surface area (Å²) in [4.78, 5) is 46.7. The number of hydrogen-bond acceptors (Lipinski definition) is 6. The number of amides is 1. The van der Waals surface area contributed by atoms with Crippen LogP contribution in [0.3, 0.4) is 0 Å². The zero-order valence-electron chi connectivity index (χ0n) is 21.2. The summed E-state index contributed by atoms with van der Waals surface area (Å²) >= 11 is 6.48. The van der Waals surface area contributed by atoms with E-state index in [0.29, 0.717) is 24.1 Å². The number of halogens is 1. The Labute approximate surface area is 220 Å². The normalized spacial score (nSPS) is 18.9. The number of fused-ring (bicyclic) bond motifs is 1. The van der Waals surface area contributed by atoms with E-state index in [2.05, 4.69) is 10.2 Å². The third kappa shape index (κ3) is 5.17. The van der Waals surface area contributed by atoms with Crippen molar-refractivity contribution in [3.05, 3.63) is 55.7 Å². The SMILES string of the molecule is Cn1c(=O)n(CC(=O)NC2CCCCC2)c(=O)c2c1nc(N1CCCC(N)C1)n2Cc1ccccc1Cl. The average Bonchev–Trinajstić information content (AvgIpc) is 3.27. The molecule has 0 spiro atoms.